The Labute approximate surface area is 93.2 Å². The molecule has 0 aromatic heterocycles. The second-order valence-electron chi connectivity index (χ2n) is 3.52. The maximum atomic E-state index is 11.5. The highest BCUT2D eigenvalue weighted by Crippen LogP contribution is 2.08. The van der Waals surface area contributed by atoms with Gasteiger partial charge in [0, 0.05) is 31.1 Å². The van der Waals surface area contributed by atoms with E-state index in [0.29, 0.717) is 0 Å². The molecule has 0 aromatic carbocycles. The topological polar surface area (TPSA) is 69.6 Å². The van der Waals surface area contributed by atoms with Crippen molar-refractivity contribution in [2.45, 2.75) is 6.92 Å². The van der Waals surface area contributed by atoms with Gasteiger partial charge in [-0.05, 0) is 0 Å². The fourth-order valence-electron chi connectivity index (χ4n) is 1.21. The summed E-state index contributed by atoms with van der Waals surface area (Å²) in [6.07, 6.45) is 0. The zero-order valence-electron chi connectivity index (χ0n) is 8.73. The van der Waals surface area contributed by atoms with Gasteiger partial charge < -0.3 is 15.3 Å². The van der Waals surface area contributed by atoms with Gasteiger partial charge in [0.25, 0.3) is 0 Å². The van der Waals surface area contributed by atoms with E-state index < -0.39 is 11.9 Å². The van der Waals surface area contributed by atoms with Crippen LogP contribution in [0.5, 0.6) is 0 Å². The number of nitrogens with one attached hydrogen (secondary N) is 1. The molecule has 1 rings (SSSR count). The lowest BCUT2D eigenvalue weighted by Gasteiger charge is -2.26. The van der Waals surface area contributed by atoms with Gasteiger partial charge in [-0.1, -0.05) is 6.92 Å². The Morgan fingerprint density at radius 2 is 2.07 bits per heavy atom. The minimum Gasteiger partial charge on any atom is -0.481 e. The third kappa shape index (κ3) is 3.99. The minimum atomic E-state index is -0.885. The van der Waals surface area contributed by atoms with Gasteiger partial charge in [-0.2, -0.15) is 11.8 Å². The highest BCUT2D eigenvalue weighted by molar-refractivity contribution is 7.99. The standard InChI is InChI=1S/C9H16N2O3S/c1-7(8(12)13)6-10-9(14)11-2-4-15-5-3-11/h7H,2-6H2,1H3,(H,10,14)(H,12,13). The van der Waals surface area contributed by atoms with E-state index in [2.05, 4.69) is 5.32 Å². The molecule has 0 saturated carbocycles. The number of thioether (sulfide) groups is 1. The average Bonchev–Trinajstić information content (AvgIpc) is 2.26. The number of carbonyl (C=O) groups excluding carboxylic acids is 1. The number of urea groups is 1. The van der Waals surface area contributed by atoms with Crippen molar-refractivity contribution in [1.29, 1.82) is 0 Å². The van der Waals surface area contributed by atoms with Crippen LogP contribution in [0.1, 0.15) is 6.92 Å². The molecule has 1 atom stereocenters. The van der Waals surface area contributed by atoms with Gasteiger partial charge in [-0.25, -0.2) is 4.79 Å². The molecular formula is C9H16N2O3S. The Morgan fingerprint density at radius 3 is 2.60 bits per heavy atom. The molecule has 86 valence electrons. The number of hydrogen-bond acceptors (Lipinski definition) is 3. The van der Waals surface area contributed by atoms with E-state index >= 15 is 0 Å². The number of amides is 2. The minimum absolute atomic E-state index is 0.150. The van der Waals surface area contributed by atoms with Crippen molar-refractivity contribution in [3.63, 3.8) is 0 Å². The lowest BCUT2D eigenvalue weighted by molar-refractivity contribution is -0.140. The van der Waals surface area contributed by atoms with E-state index in [1.807, 2.05) is 11.8 Å². The first-order valence-electron chi connectivity index (χ1n) is 4.94. The Hall–Kier alpha value is -0.910. The zero-order valence-corrected chi connectivity index (χ0v) is 9.55. The summed E-state index contributed by atoms with van der Waals surface area (Å²) in [7, 11) is 0. The Morgan fingerprint density at radius 1 is 1.47 bits per heavy atom. The van der Waals surface area contributed by atoms with Crippen molar-refractivity contribution in [1.82, 2.24) is 10.2 Å². The molecule has 2 amide bonds. The molecule has 0 radical (unpaired) electrons. The van der Waals surface area contributed by atoms with Crippen LogP contribution in [-0.4, -0.2) is 53.1 Å². The Bertz CT molecular complexity index is 242. The predicted molar refractivity (Wildman–Crippen MR) is 59.1 cm³/mol. The van der Waals surface area contributed by atoms with E-state index in [0.717, 1.165) is 24.6 Å². The van der Waals surface area contributed by atoms with E-state index in [4.69, 9.17) is 5.11 Å². The van der Waals surface area contributed by atoms with Crippen molar-refractivity contribution in [3.8, 4) is 0 Å². The zero-order chi connectivity index (χ0) is 11.3. The van der Waals surface area contributed by atoms with Crippen LogP contribution in [-0.2, 0) is 4.79 Å². The van der Waals surface area contributed by atoms with Gasteiger partial charge in [0.2, 0.25) is 0 Å². The number of carboxylic acids is 1. The number of hydrogen-bond donors (Lipinski definition) is 2. The smallest absolute Gasteiger partial charge is 0.317 e. The van der Waals surface area contributed by atoms with E-state index in [1.165, 1.54) is 0 Å². The second kappa shape index (κ2) is 5.85. The molecule has 5 nitrogen and oxygen atoms in total. The van der Waals surface area contributed by atoms with Gasteiger partial charge in [0.05, 0.1) is 5.92 Å². The lowest BCUT2D eigenvalue weighted by atomic mass is 10.2. The fraction of sp³-hybridized carbons (Fsp3) is 0.778. The van der Waals surface area contributed by atoms with Gasteiger partial charge >= 0.3 is 12.0 Å². The van der Waals surface area contributed by atoms with E-state index in [1.54, 1.807) is 11.8 Å². The van der Waals surface area contributed by atoms with Crippen LogP contribution in [0.25, 0.3) is 0 Å². The molecule has 1 aliphatic rings. The maximum Gasteiger partial charge on any atom is 0.317 e. The van der Waals surface area contributed by atoms with Crippen molar-refractivity contribution < 1.29 is 14.7 Å². The number of nitrogens with zero attached hydrogens (tertiary/aromatic N) is 1. The van der Waals surface area contributed by atoms with Crippen LogP contribution < -0.4 is 5.32 Å². The molecule has 2 N–H and O–H groups in total. The molecule has 0 aliphatic carbocycles. The molecule has 6 heteroatoms. The quantitative estimate of drug-likeness (QED) is 0.742. The summed E-state index contributed by atoms with van der Waals surface area (Å²) in [5, 5.41) is 11.3. The van der Waals surface area contributed by atoms with Crippen LogP contribution in [0, 0.1) is 5.92 Å². The summed E-state index contributed by atoms with van der Waals surface area (Å²) in [4.78, 5) is 23.8. The van der Waals surface area contributed by atoms with Crippen LogP contribution in [0.2, 0.25) is 0 Å². The molecular weight excluding hydrogens is 216 g/mol. The molecule has 1 heterocycles. The summed E-state index contributed by atoms with van der Waals surface area (Å²) < 4.78 is 0. The number of carbonyl (C=O) groups is 2. The second-order valence-corrected chi connectivity index (χ2v) is 4.75. The van der Waals surface area contributed by atoms with Gasteiger partial charge in [0.1, 0.15) is 0 Å². The number of carboxylic acid groups (broad SMARTS) is 1. The highest BCUT2D eigenvalue weighted by Gasteiger charge is 2.18. The van der Waals surface area contributed by atoms with Gasteiger partial charge in [0.15, 0.2) is 0 Å². The van der Waals surface area contributed by atoms with Crippen LogP contribution in [0.3, 0.4) is 0 Å². The third-order valence-electron chi connectivity index (χ3n) is 2.28. The fourth-order valence-corrected chi connectivity index (χ4v) is 2.11. The normalized spacial score (nSPS) is 18.3. The molecule has 1 saturated heterocycles. The summed E-state index contributed by atoms with van der Waals surface area (Å²) in [5.41, 5.74) is 0. The Balaban J connectivity index is 2.25. The first-order chi connectivity index (χ1) is 7.11. The monoisotopic (exact) mass is 232 g/mol. The largest absolute Gasteiger partial charge is 0.481 e. The van der Waals surface area contributed by atoms with Crippen molar-refractivity contribution >= 4 is 23.8 Å². The van der Waals surface area contributed by atoms with E-state index in [-0.39, 0.29) is 12.6 Å². The highest BCUT2D eigenvalue weighted by atomic mass is 32.2. The van der Waals surface area contributed by atoms with Gasteiger partial charge in [-0.3, -0.25) is 4.79 Å². The molecule has 15 heavy (non-hydrogen) atoms. The molecule has 0 spiro atoms. The third-order valence-corrected chi connectivity index (χ3v) is 3.22. The van der Waals surface area contributed by atoms with Crippen molar-refractivity contribution in [2.24, 2.45) is 5.92 Å². The molecule has 1 unspecified atom stereocenters. The van der Waals surface area contributed by atoms with Crippen LogP contribution in [0.4, 0.5) is 4.79 Å². The summed E-state index contributed by atoms with van der Waals surface area (Å²) in [5.74, 6) is 0.502. The van der Waals surface area contributed by atoms with Crippen molar-refractivity contribution in [3.05, 3.63) is 0 Å². The average molecular weight is 232 g/mol. The molecule has 0 bridgehead atoms. The predicted octanol–water partition coefficient (Wildman–Crippen LogP) is 0.465. The van der Waals surface area contributed by atoms with E-state index in [9.17, 15) is 9.59 Å². The van der Waals surface area contributed by atoms with Crippen molar-refractivity contribution in [2.75, 3.05) is 31.1 Å². The number of aliphatic carboxylic acids is 1. The number of rotatable bonds is 3. The summed E-state index contributed by atoms with van der Waals surface area (Å²) in [6.45, 7) is 3.27. The maximum absolute atomic E-state index is 11.5. The lowest BCUT2D eigenvalue weighted by Crippen LogP contribution is -2.46. The first kappa shape index (κ1) is 12.2. The molecule has 1 aliphatic heterocycles. The summed E-state index contributed by atoms with van der Waals surface area (Å²) in [6, 6.07) is -0.150. The first-order valence-corrected chi connectivity index (χ1v) is 6.10. The van der Waals surface area contributed by atoms with Gasteiger partial charge in [-0.15, -0.1) is 0 Å². The SMILES string of the molecule is CC(CNC(=O)N1CCSCC1)C(=O)O. The van der Waals surface area contributed by atoms with Crippen LogP contribution >= 0.6 is 11.8 Å². The Kier molecular flexibility index (Phi) is 4.74. The summed E-state index contributed by atoms with van der Waals surface area (Å²) >= 11 is 1.83. The molecule has 0 aromatic rings. The molecule has 1 fully saturated rings. The van der Waals surface area contributed by atoms with Crippen LogP contribution in [0.15, 0.2) is 0 Å².